The van der Waals surface area contributed by atoms with Crippen LogP contribution in [0.5, 0.6) is 0 Å². The molecule has 0 fully saturated rings. The monoisotopic (exact) mass is 834 g/mol. The van der Waals surface area contributed by atoms with Crippen molar-refractivity contribution in [1.82, 2.24) is 0 Å². The molecule has 2 N–H and O–H groups in total. The molecule has 3 aliphatic rings. The Balaban J connectivity index is 1.60. The summed E-state index contributed by atoms with van der Waals surface area (Å²) in [6.45, 7) is 21.3. The van der Waals surface area contributed by atoms with Crippen LogP contribution >= 0.6 is 0 Å². The van der Waals surface area contributed by atoms with Gasteiger partial charge in [-0.2, -0.15) is 21.4 Å². The van der Waals surface area contributed by atoms with Gasteiger partial charge in [-0.25, -0.2) is 0 Å². The van der Waals surface area contributed by atoms with Crippen molar-refractivity contribution in [3.8, 4) is 0 Å². The number of Topliss-reactive ketones (excluding diaryl/α,β-unsaturated/α-hetero) is 2. The quantitative estimate of drug-likeness (QED) is 0.0686. The lowest BCUT2D eigenvalue weighted by Crippen LogP contribution is -2.29. The summed E-state index contributed by atoms with van der Waals surface area (Å²) in [5, 5.41) is 0. The average Bonchev–Trinajstić information content (AvgIpc) is 3.56. The highest BCUT2D eigenvalue weighted by Crippen LogP contribution is 2.57. The number of carbonyl (C=O) groups excluding carboxylic acids is 2. The molecular weight excluding hydrogens is 775 g/mol. The summed E-state index contributed by atoms with van der Waals surface area (Å²) in [6, 6.07) is 5.70. The van der Waals surface area contributed by atoms with Gasteiger partial charge in [0, 0.05) is 82.6 Å². The Morgan fingerprint density at radius 2 is 1.40 bits per heavy atom. The van der Waals surface area contributed by atoms with Gasteiger partial charge in [-0.1, -0.05) is 59.8 Å². The maximum atomic E-state index is 13.7. The maximum Gasteiger partial charge on any atom is 0.265 e. The Labute approximate surface area is 345 Å². The van der Waals surface area contributed by atoms with Crippen LogP contribution in [0.4, 0.5) is 17.1 Å². The van der Waals surface area contributed by atoms with E-state index in [1.165, 1.54) is 5.56 Å². The third-order valence-corrected chi connectivity index (χ3v) is 13.6. The number of allylic oxidation sites excluding steroid dienone is 6. The van der Waals surface area contributed by atoms with E-state index in [9.17, 15) is 35.5 Å². The summed E-state index contributed by atoms with van der Waals surface area (Å²) in [5.74, 6) is -0.929. The first kappa shape index (κ1) is 45.1. The number of nitrogens with zero attached hydrogens (tertiary/aromatic N) is 3. The van der Waals surface area contributed by atoms with E-state index in [1.54, 1.807) is 6.07 Å². The van der Waals surface area contributed by atoms with Gasteiger partial charge in [0.15, 0.2) is 17.3 Å². The Morgan fingerprint density at radius 3 is 2.02 bits per heavy atom. The summed E-state index contributed by atoms with van der Waals surface area (Å²) in [5.41, 5.74) is 9.04. The third kappa shape index (κ3) is 8.78. The summed E-state index contributed by atoms with van der Waals surface area (Å²) in [7, 11) is -8.38. The van der Waals surface area contributed by atoms with Crippen LogP contribution in [0.1, 0.15) is 144 Å². The largest absolute Gasteiger partial charge is 0.344 e. The van der Waals surface area contributed by atoms with E-state index in [-0.39, 0.29) is 42.1 Å². The lowest BCUT2D eigenvalue weighted by atomic mass is 9.75. The van der Waals surface area contributed by atoms with Crippen molar-refractivity contribution >= 4 is 60.3 Å². The van der Waals surface area contributed by atoms with Crippen LogP contribution in [0.2, 0.25) is 0 Å². The minimum atomic E-state index is -4.22. The molecule has 3 heterocycles. The van der Waals surface area contributed by atoms with Crippen LogP contribution in [-0.2, 0) is 36.5 Å². The maximum absolute atomic E-state index is 13.7. The Hall–Kier alpha value is -4.04. The highest BCUT2D eigenvalue weighted by atomic mass is 32.2. The van der Waals surface area contributed by atoms with Crippen LogP contribution in [0.15, 0.2) is 59.3 Å². The predicted octanol–water partition coefficient (Wildman–Crippen LogP) is 9.07. The first-order chi connectivity index (χ1) is 26.9. The van der Waals surface area contributed by atoms with Gasteiger partial charge in [-0.3, -0.25) is 23.7 Å². The number of aryl methyl sites for hydroxylation is 1. The molecule has 0 radical (unpaired) electrons. The summed E-state index contributed by atoms with van der Waals surface area (Å²) in [4.78, 5) is 34.2. The highest BCUT2D eigenvalue weighted by molar-refractivity contribution is 7.86. The van der Waals surface area contributed by atoms with Crippen LogP contribution in [0.3, 0.4) is 0 Å². The van der Waals surface area contributed by atoms with Crippen molar-refractivity contribution in [3.63, 3.8) is 0 Å². The van der Waals surface area contributed by atoms with Gasteiger partial charge in [0.2, 0.25) is 5.69 Å². The third-order valence-electron chi connectivity index (χ3n) is 12.0. The number of benzene rings is 2. The zero-order valence-corrected chi connectivity index (χ0v) is 37.3. The number of rotatable bonds is 17. The zero-order valence-electron chi connectivity index (χ0n) is 35.7. The van der Waals surface area contributed by atoms with Crippen molar-refractivity contribution < 1.29 is 40.1 Å². The van der Waals surface area contributed by atoms with Crippen LogP contribution < -0.4 is 4.90 Å². The molecule has 0 amide bonds. The molecule has 5 rings (SSSR count). The fourth-order valence-electron chi connectivity index (χ4n) is 9.05. The van der Waals surface area contributed by atoms with E-state index >= 15 is 0 Å². The van der Waals surface area contributed by atoms with E-state index in [2.05, 4.69) is 52.5 Å². The van der Waals surface area contributed by atoms with E-state index in [0.717, 1.165) is 45.2 Å². The number of fused-ring (bicyclic) bond motifs is 4. The topological polar surface area (TPSA) is 161 Å². The average molecular weight is 835 g/mol. The molecule has 13 heteroatoms. The molecule has 2 aromatic rings. The van der Waals surface area contributed by atoms with Crippen LogP contribution in [0.25, 0.3) is 0 Å². The number of hydrogen-bond acceptors (Lipinski definition) is 8. The normalized spacial score (nSPS) is 18.7. The number of ketones is 2. The SMILES string of the molecule is CCCC(=O)c1cc(C(=O)CCC)c2c(c1)[N+](CCCS(=O)(=O)O)=C(/C=C/C=C/C=C1/N(CCCS(=O)(=O)O)c3cc(C)c4c(c3C1(C)C)N=C(C)C4(C)C)C2(C)C. The molecule has 0 atom stereocenters. The second kappa shape index (κ2) is 16.5. The van der Waals surface area contributed by atoms with Gasteiger partial charge in [0.1, 0.15) is 6.54 Å². The van der Waals surface area contributed by atoms with E-state index < -0.39 is 36.8 Å². The molecule has 11 nitrogen and oxygen atoms in total. The number of hydrogen-bond donors (Lipinski definition) is 2. The smallest absolute Gasteiger partial charge is 0.265 e. The lowest BCUT2D eigenvalue weighted by Gasteiger charge is -2.27. The van der Waals surface area contributed by atoms with Crippen molar-refractivity contribution in [2.75, 3.05) is 29.5 Å². The number of aliphatic imine (C=N–C) groups is 1. The van der Waals surface area contributed by atoms with E-state index in [4.69, 9.17) is 4.99 Å². The molecule has 0 aromatic heterocycles. The van der Waals surface area contributed by atoms with Gasteiger partial charge in [-0.15, -0.1) is 0 Å². The molecule has 0 saturated carbocycles. The lowest BCUT2D eigenvalue weighted by molar-refractivity contribution is -0.437. The fraction of sp³-hybridized carbons (Fsp3) is 0.511. The molecule has 0 unspecified atom stereocenters. The van der Waals surface area contributed by atoms with Crippen molar-refractivity contribution in [2.24, 2.45) is 4.99 Å². The Bertz CT molecular complexity index is 2410. The molecule has 58 heavy (non-hydrogen) atoms. The minimum Gasteiger partial charge on any atom is -0.344 e. The first-order valence-electron chi connectivity index (χ1n) is 20.3. The molecule has 314 valence electrons. The van der Waals surface area contributed by atoms with Gasteiger partial charge < -0.3 is 4.90 Å². The second-order valence-corrected chi connectivity index (χ2v) is 20.6. The Morgan fingerprint density at radius 1 is 0.776 bits per heavy atom. The standard InChI is InChI=1S/C45H59N3O8S2/c1-11-18-35(49)31-27-32(36(50)19-12-2)40-34(28-31)48(23-17-25-58(54,55)56)37(44(40,7)8)20-14-13-15-21-38-45(9,10)41-33(47(38)22-16-24-57(51,52)53)26-29(3)39-42(41)46-30(4)43(39,5)6/h13-15,20-21,26-28H,11-12,16-19,22-25H2,1-10H3,(H-,51,52,53,54,55,56)/p+1. The van der Waals surface area contributed by atoms with Gasteiger partial charge in [0.05, 0.1) is 28.2 Å². The second-order valence-electron chi connectivity index (χ2n) is 17.4. The van der Waals surface area contributed by atoms with Crippen molar-refractivity contribution in [3.05, 3.63) is 87.7 Å². The van der Waals surface area contributed by atoms with E-state index in [1.807, 2.05) is 68.7 Å². The molecule has 0 saturated heterocycles. The van der Waals surface area contributed by atoms with E-state index in [0.29, 0.717) is 49.0 Å². The van der Waals surface area contributed by atoms with Gasteiger partial charge >= 0.3 is 0 Å². The molecule has 2 aromatic carbocycles. The van der Waals surface area contributed by atoms with Crippen molar-refractivity contribution in [1.29, 1.82) is 0 Å². The molecule has 3 aliphatic heterocycles. The summed E-state index contributed by atoms with van der Waals surface area (Å²) < 4.78 is 68.1. The fourth-order valence-corrected chi connectivity index (χ4v) is 10.0. The Kier molecular flexibility index (Phi) is 12.9. The van der Waals surface area contributed by atoms with Crippen LogP contribution in [-0.4, -0.2) is 78.1 Å². The first-order valence-corrected chi connectivity index (χ1v) is 23.5. The summed E-state index contributed by atoms with van der Waals surface area (Å²) in [6.07, 6.45) is 12.0. The highest BCUT2D eigenvalue weighted by Gasteiger charge is 2.48. The number of anilines is 1. The molecule has 0 aliphatic carbocycles. The number of carbonyl (C=O) groups is 2. The molecule has 0 bridgehead atoms. The molecular formula is C45H60N3O8S2+. The minimum absolute atomic E-state index is 0.0563. The molecule has 0 spiro atoms. The summed E-state index contributed by atoms with van der Waals surface area (Å²) >= 11 is 0. The predicted molar refractivity (Wildman–Crippen MR) is 234 cm³/mol. The van der Waals surface area contributed by atoms with Crippen molar-refractivity contribution in [2.45, 2.75) is 124 Å². The zero-order chi connectivity index (χ0) is 43.2. The van der Waals surface area contributed by atoms with Crippen LogP contribution in [0, 0.1) is 6.92 Å². The van der Waals surface area contributed by atoms with Gasteiger partial charge in [0.25, 0.3) is 20.2 Å². The van der Waals surface area contributed by atoms with Gasteiger partial charge in [-0.05, 0) is 76.3 Å².